The van der Waals surface area contributed by atoms with Crippen LogP contribution in [0.2, 0.25) is 0 Å². The molecule has 0 saturated carbocycles. The molecule has 8 aromatic carbocycles. The summed E-state index contributed by atoms with van der Waals surface area (Å²) in [5.74, 6) is -71.5. The minimum absolute atomic E-state index is 0.00894. The lowest BCUT2D eigenvalue weighted by molar-refractivity contribution is 0.102. The number of rotatable bonds is 8. The van der Waals surface area contributed by atoms with E-state index in [1.807, 2.05) is 78.9 Å². The van der Waals surface area contributed by atoms with Crippen LogP contribution in [0.1, 0.15) is 10.4 Å². The predicted molar refractivity (Wildman–Crippen MR) is 219 cm³/mol. The van der Waals surface area contributed by atoms with Gasteiger partial charge in [-0.15, -0.1) is 21.9 Å². The van der Waals surface area contributed by atoms with Gasteiger partial charge in [0, 0.05) is 5.56 Å². The molecule has 1 atom stereocenters. The summed E-state index contributed by atoms with van der Waals surface area (Å²) < 4.78 is 307. The highest BCUT2D eigenvalue weighted by Crippen LogP contribution is 2.33. The maximum absolute atomic E-state index is 15.4. The molecule has 0 aliphatic rings. The first-order valence-corrected chi connectivity index (χ1v) is 21.6. The maximum atomic E-state index is 15.4. The standard InChI is InChI=1S/C24BF20.C23H19O2S/c26-5-1(6(27)14(35)21(42)13(5)34)25(2-7(28)15(36)22(43)16(37)8(2)29,3-9(30)17(38)23(44)18(39)10(3)31)4-11(32)19(40)24(45)20(41)12(4)33;1-26(25,19-11-3-2-4-12-19)16-22(24)23-20-13-7-5-9-17(20)15-18-10-6-8-14-21(18)23/h;2-15H,16H2,1H3/q-1;+1. The van der Waals surface area contributed by atoms with Crippen LogP contribution in [0.5, 0.6) is 0 Å². The van der Waals surface area contributed by atoms with Gasteiger partial charge in [-0.25, -0.2) is 87.8 Å². The summed E-state index contributed by atoms with van der Waals surface area (Å²) in [4.78, 5) is 14.0. The summed E-state index contributed by atoms with van der Waals surface area (Å²) in [5.41, 5.74) is -13.7. The van der Waals surface area contributed by atoms with Crippen molar-refractivity contribution in [3.8, 4) is 0 Å². The molecule has 8 aromatic rings. The number of carbonyl (C=O) groups excluding carboxylic acids is 1. The van der Waals surface area contributed by atoms with Gasteiger partial charge in [-0.2, -0.15) is 0 Å². The number of hydrogen-bond donors (Lipinski definition) is 0. The van der Waals surface area contributed by atoms with Gasteiger partial charge in [0.25, 0.3) is 0 Å². The summed E-state index contributed by atoms with van der Waals surface area (Å²) >= 11 is 0. The third kappa shape index (κ3) is 8.04. The summed E-state index contributed by atoms with van der Waals surface area (Å²) in [5, 5.41) is 3.88. The van der Waals surface area contributed by atoms with Gasteiger partial charge >= 0.3 is 0 Å². The highest BCUT2D eigenvalue weighted by Gasteiger charge is 2.52. The Balaban J connectivity index is 0.000000240. The summed E-state index contributed by atoms with van der Waals surface area (Å²) in [6.07, 6.45) is -5.54. The Kier molecular flexibility index (Phi) is 13.7. The van der Waals surface area contributed by atoms with Crippen LogP contribution in [-0.4, -0.2) is 23.9 Å². The molecule has 0 N–H and O–H groups in total. The van der Waals surface area contributed by atoms with Crippen molar-refractivity contribution >= 4 is 65.3 Å². The highest BCUT2D eigenvalue weighted by atomic mass is 32.2. The van der Waals surface area contributed by atoms with Crippen molar-refractivity contribution in [2.75, 3.05) is 12.0 Å². The smallest absolute Gasteiger partial charge is 0.213 e. The van der Waals surface area contributed by atoms with Gasteiger partial charge in [-0.05, 0) is 39.7 Å². The Hall–Kier alpha value is -7.24. The molecule has 71 heavy (non-hydrogen) atoms. The molecular formula is C47H19BF20O2S. The maximum Gasteiger partial charge on any atom is 0.213 e. The molecule has 368 valence electrons. The second kappa shape index (κ2) is 18.8. The Morgan fingerprint density at radius 1 is 0.366 bits per heavy atom. The SMILES string of the molecule is C[S+](=O)(CC(=O)c1c2ccccc2cc2ccccc12)c1ccccc1.Fc1c(F)c(F)c([B-](c2c(F)c(F)c(F)c(F)c2F)(c2c(F)c(F)c(F)c(F)c2F)c2c(F)c(F)c(F)c(F)c2F)c(F)c1F. The first kappa shape index (κ1) is 51.6. The second-order valence-corrected chi connectivity index (χ2v) is 18.1. The molecule has 0 heterocycles. The van der Waals surface area contributed by atoms with Gasteiger partial charge in [0.15, 0.2) is 80.5 Å². The molecule has 0 bridgehead atoms. The van der Waals surface area contributed by atoms with Gasteiger partial charge in [-0.1, -0.05) is 70.9 Å². The summed E-state index contributed by atoms with van der Waals surface area (Å²) in [6.45, 7) is 0. The molecule has 0 fully saturated rings. The third-order valence-corrected chi connectivity index (χ3v) is 13.5. The predicted octanol–water partition coefficient (Wildman–Crippen LogP) is 11.2. The van der Waals surface area contributed by atoms with Crippen LogP contribution in [0.4, 0.5) is 87.8 Å². The van der Waals surface area contributed by atoms with E-state index >= 15 is 35.1 Å². The van der Waals surface area contributed by atoms with E-state index in [0.717, 1.165) is 26.4 Å². The zero-order valence-electron chi connectivity index (χ0n) is 34.7. The van der Waals surface area contributed by atoms with Gasteiger partial charge in [0.05, 0.1) is 0 Å². The fraction of sp³-hybridized carbons (Fsp3) is 0.0426. The fourth-order valence-corrected chi connectivity index (χ4v) is 9.85. The van der Waals surface area contributed by atoms with Crippen molar-refractivity contribution in [3.63, 3.8) is 0 Å². The summed E-state index contributed by atoms with van der Waals surface area (Å²) in [6, 6.07) is 27.1. The van der Waals surface area contributed by atoms with Crippen molar-refractivity contribution in [1.29, 1.82) is 0 Å². The Morgan fingerprint density at radius 3 is 0.887 bits per heavy atom. The molecule has 0 radical (unpaired) electrons. The first-order chi connectivity index (χ1) is 33.3. The zero-order chi connectivity index (χ0) is 52.5. The molecule has 1 unspecified atom stereocenters. The molecule has 8 rings (SSSR count). The van der Waals surface area contributed by atoms with Crippen LogP contribution in [0.3, 0.4) is 0 Å². The number of Topliss-reactive ketones (excluding diaryl/α,β-unsaturated/α-hetero) is 1. The number of halogens is 20. The molecule has 0 aliphatic heterocycles. The van der Waals surface area contributed by atoms with E-state index in [0.29, 0.717) is 5.56 Å². The molecule has 0 saturated heterocycles. The van der Waals surface area contributed by atoms with Crippen molar-refractivity contribution in [1.82, 2.24) is 0 Å². The highest BCUT2D eigenvalue weighted by molar-refractivity contribution is 8.03. The average molecular weight is 1040 g/mol. The Labute approximate surface area is 385 Å². The fourth-order valence-electron chi connectivity index (χ4n) is 8.30. The Bertz CT molecular complexity index is 3150. The lowest BCUT2D eigenvalue weighted by Crippen LogP contribution is -2.81. The Morgan fingerprint density at radius 2 is 0.606 bits per heavy atom. The van der Waals surface area contributed by atoms with Crippen molar-refractivity contribution in [2.24, 2.45) is 0 Å². The van der Waals surface area contributed by atoms with Crippen molar-refractivity contribution in [2.45, 2.75) is 4.90 Å². The van der Waals surface area contributed by atoms with Crippen LogP contribution < -0.4 is 21.9 Å². The van der Waals surface area contributed by atoms with Gasteiger partial charge in [0.1, 0.15) is 68.9 Å². The minimum atomic E-state index is -7.22. The van der Waals surface area contributed by atoms with Crippen LogP contribution in [0, 0.1) is 116 Å². The van der Waals surface area contributed by atoms with Crippen LogP contribution in [0.15, 0.2) is 89.8 Å². The lowest BCUT2D eigenvalue weighted by Gasteiger charge is -2.44. The molecule has 0 amide bonds. The number of fused-ring (bicyclic) bond motifs is 2. The first-order valence-electron chi connectivity index (χ1n) is 19.5. The monoisotopic (exact) mass is 1040 g/mol. The zero-order valence-corrected chi connectivity index (χ0v) is 35.5. The van der Waals surface area contributed by atoms with E-state index < -0.39 is 154 Å². The molecule has 2 nitrogen and oxygen atoms in total. The molecule has 0 aliphatic carbocycles. The van der Waals surface area contributed by atoms with E-state index in [2.05, 4.69) is 6.07 Å². The van der Waals surface area contributed by atoms with E-state index in [1.165, 1.54) is 0 Å². The number of benzene rings is 8. The van der Waals surface area contributed by atoms with E-state index in [-0.39, 0.29) is 11.5 Å². The lowest BCUT2D eigenvalue weighted by atomic mass is 9.12. The van der Waals surface area contributed by atoms with E-state index in [1.54, 1.807) is 6.26 Å². The quantitative estimate of drug-likeness (QED) is 0.0289. The van der Waals surface area contributed by atoms with Gasteiger partial charge in [-0.3, -0.25) is 4.79 Å². The molecular weight excluding hydrogens is 1020 g/mol. The minimum Gasteiger partial charge on any atom is -0.289 e. The van der Waals surface area contributed by atoms with Gasteiger partial charge in [0.2, 0.25) is 5.78 Å². The number of hydrogen-bond acceptors (Lipinski definition) is 2. The molecule has 24 heteroatoms. The van der Waals surface area contributed by atoms with Crippen molar-refractivity contribution < 1.29 is 96.8 Å². The third-order valence-electron chi connectivity index (χ3n) is 11.4. The number of carbonyl (C=O) groups is 1. The molecule has 0 aromatic heterocycles. The molecule has 0 spiro atoms. The van der Waals surface area contributed by atoms with Crippen LogP contribution in [-0.2, 0) is 14.1 Å². The second-order valence-electron chi connectivity index (χ2n) is 15.4. The topological polar surface area (TPSA) is 34.1 Å². The van der Waals surface area contributed by atoms with E-state index in [4.69, 9.17) is 0 Å². The van der Waals surface area contributed by atoms with Crippen molar-refractivity contribution in [3.05, 3.63) is 207 Å². The largest absolute Gasteiger partial charge is 0.289 e. The normalized spacial score (nSPS) is 12.6. The average Bonchev–Trinajstić information content (AvgIpc) is 3.35. The van der Waals surface area contributed by atoms with Gasteiger partial charge < -0.3 is 0 Å². The number of ketones is 1. The van der Waals surface area contributed by atoms with Crippen LogP contribution in [0.25, 0.3) is 21.5 Å². The summed E-state index contributed by atoms with van der Waals surface area (Å²) in [7, 11) is -2.44. The van der Waals surface area contributed by atoms with E-state index in [9.17, 15) is 61.7 Å². The van der Waals surface area contributed by atoms with Crippen LogP contribution >= 0.6 is 0 Å².